The van der Waals surface area contributed by atoms with Gasteiger partial charge in [-0.2, -0.15) is 11.8 Å². The molecule has 0 fully saturated rings. The fourth-order valence-corrected chi connectivity index (χ4v) is 4.46. The van der Waals surface area contributed by atoms with E-state index in [9.17, 15) is 14.4 Å². The van der Waals surface area contributed by atoms with Gasteiger partial charge in [0, 0.05) is 12.1 Å². The summed E-state index contributed by atoms with van der Waals surface area (Å²) in [4.78, 5) is 42.3. The third kappa shape index (κ3) is 12.4. The normalized spacial score (nSPS) is 13.3. The zero-order valence-electron chi connectivity index (χ0n) is 24.7. The Kier molecular flexibility index (Phi) is 14.0. The first-order valence-corrected chi connectivity index (χ1v) is 14.9. The van der Waals surface area contributed by atoms with Crippen LogP contribution < -0.4 is 10.6 Å². The molecule has 0 saturated heterocycles. The van der Waals surface area contributed by atoms with Crippen LogP contribution in [-0.4, -0.2) is 58.5 Å². The van der Waals surface area contributed by atoms with Gasteiger partial charge in [0.25, 0.3) is 0 Å². The summed E-state index contributed by atoms with van der Waals surface area (Å²) in [5.41, 5.74) is 0.376. The van der Waals surface area contributed by atoms with Crippen molar-refractivity contribution in [2.24, 2.45) is 0 Å². The van der Waals surface area contributed by atoms with Crippen molar-refractivity contribution in [3.05, 3.63) is 42.0 Å². The summed E-state index contributed by atoms with van der Waals surface area (Å²) < 4.78 is 5.46. The zero-order valence-corrected chi connectivity index (χ0v) is 25.5. The number of alkyl carbamates (subject to hydrolysis) is 1. The molecule has 3 amide bonds. The van der Waals surface area contributed by atoms with E-state index in [0.29, 0.717) is 24.3 Å². The lowest BCUT2D eigenvalue weighted by Crippen LogP contribution is -2.55. The first-order valence-electron chi connectivity index (χ1n) is 13.6. The van der Waals surface area contributed by atoms with E-state index in [1.165, 1.54) is 0 Å². The Morgan fingerprint density at radius 1 is 1.11 bits per heavy atom. The third-order valence-corrected chi connectivity index (χ3v) is 6.30. The van der Waals surface area contributed by atoms with Crippen LogP contribution in [0.5, 0.6) is 0 Å². The molecule has 1 rings (SSSR count). The van der Waals surface area contributed by atoms with E-state index in [2.05, 4.69) is 24.1 Å². The minimum atomic E-state index is -0.861. The molecule has 0 bridgehead atoms. The van der Waals surface area contributed by atoms with E-state index < -0.39 is 29.3 Å². The maximum absolute atomic E-state index is 14.2. The highest BCUT2D eigenvalue weighted by Gasteiger charge is 2.37. The molecule has 7 nitrogen and oxygen atoms in total. The third-order valence-electron chi connectivity index (χ3n) is 5.66. The maximum Gasteiger partial charge on any atom is 0.408 e. The average molecular weight is 548 g/mol. The van der Waals surface area contributed by atoms with Gasteiger partial charge in [0.15, 0.2) is 0 Å². The second kappa shape index (κ2) is 15.8. The van der Waals surface area contributed by atoms with E-state index in [0.717, 1.165) is 31.2 Å². The number of thioether (sulfide) groups is 1. The predicted molar refractivity (Wildman–Crippen MR) is 159 cm³/mol. The first kappa shape index (κ1) is 33.5. The number of hydrogen-bond acceptors (Lipinski definition) is 5. The predicted octanol–water partition coefficient (Wildman–Crippen LogP) is 6.34. The summed E-state index contributed by atoms with van der Waals surface area (Å²) in [6, 6.07) is 5.85. The van der Waals surface area contributed by atoms with Crippen LogP contribution in [0, 0.1) is 0 Å². The van der Waals surface area contributed by atoms with Crippen LogP contribution >= 0.6 is 11.8 Å². The fraction of sp³-hybridized carbons (Fsp3) is 0.633. The molecule has 38 heavy (non-hydrogen) atoms. The molecule has 0 aromatic heterocycles. The van der Waals surface area contributed by atoms with Crippen LogP contribution in [-0.2, 0) is 14.3 Å². The lowest BCUT2D eigenvalue weighted by molar-refractivity contribution is -0.143. The van der Waals surface area contributed by atoms with Crippen LogP contribution in [0.15, 0.2) is 30.8 Å². The van der Waals surface area contributed by atoms with Crippen molar-refractivity contribution in [2.45, 2.75) is 104 Å². The Bertz CT molecular complexity index is 921. The zero-order chi connectivity index (χ0) is 28.9. The number of ether oxygens (including phenoxy) is 1. The Balaban J connectivity index is 3.54. The molecule has 0 spiro atoms. The molecule has 1 aromatic carbocycles. The standard InChI is InChI=1S/C30H49N3O4S/c1-10-12-13-14-19-33(27(35)24(18-20-38-9)31-28(36)37-30(6,7)8)25(26(34)32-29(3,4)5)23-17-15-16-22(11-2)21-23/h11,15-17,21,24-25H,2,10,12-14,18-20H2,1,3-9H3,(H,31,36)(H,32,34). The number of amides is 3. The molecular weight excluding hydrogens is 498 g/mol. The van der Waals surface area contributed by atoms with Gasteiger partial charge < -0.3 is 20.3 Å². The van der Waals surface area contributed by atoms with E-state index in [1.54, 1.807) is 43.5 Å². The lowest BCUT2D eigenvalue weighted by atomic mass is 9.98. The van der Waals surface area contributed by atoms with E-state index in [4.69, 9.17) is 4.74 Å². The topological polar surface area (TPSA) is 87.7 Å². The molecule has 0 radical (unpaired) electrons. The quantitative estimate of drug-likeness (QED) is 0.265. The number of unbranched alkanes of at least 4 members (excludes halogenated alkanes) is 3. The number of carbonyl (C=O) groups is 3. The minimum Gasteiger partial charge on any atom is -0.444 e. The minimum absolute atomic E-state index is 0.261. The fourth-order valence-electron chi connectivity index (χ4n) is 3.99. The van der Waals surface area contributed by atoms with Crippen molar-refractivity contribution in [1.29, 1.82) is 0 Å². The van der Waals surface area contributed by atoms with Crippen LogP contribution in [0.2, 0.25) is 0 Å². The molecule has 214 valence electrons. The first-order chi connectivity index (χ1) is 17.7. The highest BCUT2D eigenvalue weighted by molar-refractivity contribution is 7.98. The van der Waals surface area contributed by atoms with Crippen molar-refractivity contribution >= 4 is 35.7 Å². The van der Waals surface area contributed by atoms with Gasteiger partial charge in [-0.15, -0.1) is 0 Å². The largest absolute Gasteiger partial charge is 0.444 e. The Morgan fingerprint density at radius 2 is 1.79 bits per heavy atom. The van der Waals surface area contributed by atoms with Crippen LogP contribution in [0.25, 0.3) is 6.08 Å². The molecular formula is C30H49N3O4S. The van der Waals surface area contributed by atoms with Crippen molar-refractivity contribution in [1.82, 2.24) is 15.5 Å². The van der Waals surface area contributed by atoms with Gasteiger partial charge in [-0.1, -0.05) is 57.0 Å². The summed E-state index contributed by atoms with van der Waals surface area (Å²) in [5, 5.41) is 5.86. The second-order valence-electron chi connectivity index (χ2n) is 11.6. The number of benzene rings is 1. The summed E-state index contributed by atoms with van der Waals surface area (Å²) in [5.74, 6) is 0.114. The van der Waals surface area contributed by atoms with Crippen LogP contribution in [0.1, 0.15) is 97.7 Å². The number of rotatable bonds is 14. The summed E-state index contributed by atoms with van der Waals surface area (Å²) in [6.07, 6.45) is 7.24. The van der Waals surface area contributed by atoms with Crippen molar-refractivity contribution in [2.75, 3.05) is 18.6 Å². The SMILES string of the molecule is C=Cc1cccc(C(C(=O)NC(C)(C)C)N(CCCCCC)C(=O)C(CCSC)NC(=O)OC(C)(C)C)c1. The van der Waals surface area contributed by atoms with Gasteiger partial charge in [0.1, 0.15) is 17.7 Å². The summed E-state index contributed by atoms with van der Waals surface area (Å²) in [7, 11) is 0. The molecule has 2 unspecified atom stereocenters. The Morgan fingerprint density at radius 3 is 2.34 bits per heavy atom. The highest BCUT2D eigenvalue weighted by Crippen LogP contribution is 2.26. The molecule has 8 heteroatoms. The van der Waals surface area contributed by atoms with Crippen LogP contribution in [0.3, 0.4) is 0 Å². The molecule has 0 heterocycles. The number of nitrogens with zero attached hydrogens (tertiary/aromatic N) is 1. The molecule has 0 aliphatic heterocycles. The van der Waals surface area contributed by atoms with Gasteiger partial charge in [0.05, 0.1) is 0 Å². The highest BCUT2D eigenvalue weighted by atomic mass is 32.2. The maximum atomic E-state index is 14.2. The number of hydrogen-bond donors (Lipinski definition) is 2. The monoisotopic (exact) mass is 547 g/mol. The summed E-state index contributed by atoms with van der Waals surface area (Å²) >= 11 is 1.59. The number of nitrogens with one attached hydrogen (secondary N) is 2. The van der Waals surface area contributed by atoms with Gasteiger partial charge in [-0.05, 0) is 83.6 Å². The molecule has 0 aliphatic carbocycles. The van der Waals surface area contributed by atoms with Crippen LogP contribution in [0.4, 0.5) is 4.79 Å². The van der Waals surface area contributed by atoms with Gasteiger partial charge in [0.2, 0.25) is 11.8 Å². The van der Waals surface area contributed by atoms with Gasteiger partial charge >= 0.3 is 6.09 Å². The summed E-state index contributed by atoms with van der Waals surface area (Å²) in [6.45, 7) is 17.5. The van der Waals surface area contributed by atoms with E-state index in [1.807, 2.05) is 51.3 Å². The van der Waals surface area contributed by atoms with Crippen molar-refractivity contribution < 1.29 is 19.1 Å². The smallest absolute Gasteiger partial charge is 0.408 e. The molecule has 2 N–H and O–H groups in total. The number of carbonyl (C=O) groups excluding carboxylic acids is 3. The molecule has 2 atom stereocenters. The van der Waals surface area contributed by atoms with Gasteiger partial charge in [-0.3, -0.25) is 9.59 Å². The molecule has 1 aromatic rings. The van der Waals surface area contributed by atoms with Crippen molar-refractivity contribution in [3.63, 3.8) is 0 Å². The Labute approximate surface area is 234 Å². The van der Waals surface area contributed by atoms with E-state index >= 15 is 0 Å². The molecule has 0 saturated carbocycles. The molecule has 0 aliphatic rings. The van der Waals surface area contributed by atoms with Gasteiger partial charge in [-0.25, -0.2) is 4.79 Å². The lowest BCUT2D eigenvalue weighted by Gasteiger charge is -2.36. The Hall–Kier alpha value is -2.48. The van der Waals surface area contributed by atoms with Crippen molar-refractivity contribution in [3.8, 4) is 0 Å². The van der Waals surface area contributed by atoms with E-state index in [-0.39, 0.29) is 11.8 Å². The second-order valence-corrected chi connectivity index (χ2v) is 12.6. The average Bonchev–Trinajstić information content (AvgIpc) is 2.80.